The Kier molecular flexibility index (Phi) is 6.62. The molecule has 2 rings (SSSR count). The summed E-state index contributed by atoms with van der Waals surface area (Å²) in [4.78, 5) is 23.9. The summed E-state index contributed by atoms with van der Waals surface area (Å²) in [6.07, 6.45) is 4.08. The summed E-state index contributed by atoms with van der Waals surface area (Å²) >= 11 is 7.83. The van der Waals surface area contributed by atoms with Gasteiger partial charge in [-0.1, -0.05) is 36.7 Å². The monoisotopic (exact) mass is 351 g/mol. The number of thiophene rings is 1. The molecule has 1 aromatic carbocycles. The van der Waals surface area contributed by atoms with Crippen molar-refractivity contribution in [1.29, 1.82) is 0 Å². The summed E-state index contributed by atoms with van der Waals surface area (Å²) in [5.74, 6) is -0.564. The van der Waals surface area contributed by atoms with Gasteiger partial charge < -0.3 is 10.1 Å². The summed E-state index contributed by atoms with van der Waals surface area (Å²) in [5.41, 5.74) is 0. The zero-order valence-corrected chi connectivity index (χ0v) is 14.4. The molecule has 1 amide bonds. The van der Waals surface area contributed by atoms with Crippen LogP contribution in [0, 0.1) is 0 Å². The van der Waals surface area contributed by atoms with E-state index in [0.717, 1.165) is 21.4 Å². The van der Waals surface area contributed by atoms with E-state index in [1.54, 1.807) is 6.08 Å². The number of rotatable bonds is 7. The molecule has 4 nitrogen and oxygen atoms in total. The molecule has 1 N–H and O–H groups in total. The van der Waals surface area contributed by atoms with E-state index >= 15 is 0 Å². The van der Waals surface area contributed by atoms with Gasteiger partial charge in [-0.25, -0.2) is 0 Å². The number of hydrogen-bond acceptors (Lipinski definition) is 4. The van der Waals surface area contributed by atoms with E-state index in [1.165, 1.54) is 17.4 Å². The lowest BCUT2D eigenvalue weighted by atomic mass is 10.2. The Morgan fingerprint density at radius 2 is 2.13 bits per heavy atom. The van der Waals surface area contributed by atoms with Crippen molar-refractivity contribution in [3.63, 3.8) is 0 Å². The molecule has 1 aromatic heterocycles. The van der Waals surface area contributed by atoms with Crippen LogP contribution >= 0.6 is 22.9 Å². The highest BCUT2D eigenvalue weighted by atomic mass is 35.5. The Morgan fingerprint density at radius 1 is 1.35 bits per heavy atom. The summed E-state index contributed by atoms with van der Waals surface area (Å²) in [6.45, 7) is 2.60. The van der Waals surface area contributed by atoms with Crippen molar-refractivity contribution in [1.82, 2.24) is 5.32 Å². The third-order valence-electron chi connectivity index (χ3n) is 3.04. The number of ether oxygens (including phenoxy) is 1. The molecule has 0 aliphatic heterocycles. The molecule has 122 valence electrons. The predicted octanol–water partition coefficient (Wildman–Crippen LogP) is 4.03. The first-order chi connectivity index (χ1) is 11.1. The van der Waals surface area contributed by atoms with Gasteiger partial charge in [0, 0.05) is 27.6 Å². The van der Waals surface area contributed by atoms with Gasteiger partial charge in [0.1, 0.15) is 0 Å². The smallest absolute Gasteiger partial charge is 0.307 e. The van der Waals surface area contributed by atoms with Crippen LogP contribution in [0.25, 0.3) is 16.2 Å². The minimum absolute atomic E-state index is 0.170. The maximum Gasteiger partial charge on any atom is 0.307 e. The highest BCUT2D eigenvalue weighted by molar-refractivity contribution is 7.20. The Balaban J connectivity index is 1.85. The summed E-state index contributed by atoms with van der Waals surface area (Å²) in [6, 6.07) is 7.82. The fourth-order valence-corrected chi connectivity index (χ4v) is 3.33. The van der Waals surface area contributed by atoms with Crippen LogP contribution < -0.4 is 5.32 Å². The molecule has 0 radical (unpaired) electrons. The van der Waals surface area contributed by atoms with E-state index in [-0.39, 0.29) is 24.8 Å². The molecule has 1 heterocycles. The molecule has 23 heavy (non-hydrogen) atoms. The lowest BCUT2D eigenvalue weighted by Gasteiger charge is -2.03. The van der Waals surface area contributed by atoms with Crippen molar-refractivity contribution in [2.75, 3.05) is 13.2 Å². The normalized spacial score (nSPS) is 11.0. The number of carbonyl (C=O) groups is 2. The van der Waals surface area contributed by atoms with Gasteiger partial charge in [-0.05, 0) is 18.6 Å². The standard InChI is InChI=1S/C17H18ClNO3S/c1-2-11-22-16(21)9-10-19-15(20)8-7-14-17(18)12-5-3-4-6-13(12)23-14/h3-8H,2,9-11H2,1H3,(H,19,20)/b8-7+. The first-order valence-corrected chi connectivity index (χ1v) is 8.59. The van der Waals surface area contributed by atoms with Gasteiger partial charge in [-0.15, -0.1) is 11.3 Å². The first kappa shape index (κ1) is 17.5. The van der Waals surface area contributed by atoms with Crippen LogP contribution in [0.5, 0.6) is 0 Å². The zero-order chi connectivity index (χ0) is 16.7. The second-order valence-electron chi connectivity index (χ2n) is 4.87. The topological polar surface area (TPSA) is 55.4 Å². The van der Waals surface area contributed by atoms with E-state index in [0.29, 0.717) is 11.6 Å². The van der Waals surface area contributed by atoms with E-state index in [1.807, 2.05) is 31.2 Å². The molecule has 0 spiro atoms. The van der Waals surface area contributed by atoms with E-state index < -0.39 is 0 Å². The zero-order valence-electron chi connectivity index (χ0n) is 12.8. The van der Waals surface area contributed by atoms with E-state index in [2.05, 4.69) is 5.32 Å². The molecule has 0 aliphatic carbocycles. The molecule has 0 aliphatic rings. The Bertz CT molecular complexity index is 724. The van der Waals surface area contributed by atoms with Crippen LogP contribution in [-0.4, -0.2) is 25.0 Å². The van der Waals surface area contributed by atoms with Crippen LogP contribution in [0.15, 0.2) is 30.3 Å². The van der Waals surface area contributed by atoms with Crippen LogP contribution in [0.4, 0.5) is 0 Å². The average Bonchev–Trinajstić information content (AvgIpc) is 2.87. The van der Waals surface area contributed by atoms with Gasteiger partial charge >= 0.3 is 5.97 Å². The third-order valence-corrected chi connectivity index (χ3v) is 4.70. The van der Waals surface area contributed by atoms with E-state index in [4.69, 9.17) is 16.3 Å². The number of halogens is 1. The molecule has 0 saturated heterocycles. The molecule has 0 bridgehead atoms. The number of amides is 1. The highest BCUT2D eigenvalue weighted by Gasteiger charge is 2.08. The second-order valence-corrected chi connectivity index (χ2v) is 6.33. The lowest BCUT2D eigenvalue weighted by molar-refractivity contribution is -0.143. The summed E-state index contributed by atoms with van der Waals surface area (Å²) in [7, 11) is 0. The van der Waals surface area contributed by atoms with Gasteiger partial charge in [0.15, 0.2) is 0 Å². The third kappa shape index (κ3) is 5.08. The minimum Gasteiger partial charge on any atom is -0.466 e. The van der Waals surface area contributed by atoms with Gasteiger partial charge in [-0.3, -0.25) is 9.59 Å². The maximum atomic E-state index is 11.7. The highest BCUT2D eigenvalue weighted by Crippen LogP contribution is 2.35. The maximum absolute atomic E-state index is 11.7. The van der Waals surface area contributed by atoms with Crippen LogP contribution in [0.3, 0.4) is 0 Å². The lowest BCUT2D eigenvalue weighted by Crippen LogP contribution is -2.24. The van der Waals surface area contributed by atoms with Crippen molar-refractivity contribution in [2.24, 2.45) is 0 Å². The van der Waals surface area contributed by atoms with Crippen LogP contribution in [0.2, 0.25) is 5.02 Å². The molecule has 0 fully saturated rings. The molecule has 2 aromatic rings. The average molecular weight is 352 g/mol. The first-order valence-electron chi connectivity index (χ1n) is 7.40. The molecular formula is C17H18ClNO3S. The van der Waals surface area contributed by atoms with Crippen LogP contribution in [-0.2, 0) is 14.3 Å². The summed E-state index contributed by atoms with van der Waals surface area (Å²) < 4.78 is 6.01. The number of fused-ring (bicyclic) bond motifs is 1. The number of carbonyl (C=O) groups excluding carboxylic acids is 2. The number of benzene rings is 1. The molecule has 6 heteroatoms. The van der Waals surface area contributed by atoms with Crippen molar-refractivity contribution >= 4 is 51.0 Å². The summed E-state index contributed by atoms with van der Waals surface area (Å²) in [5, 5.41) is 4.28. The molecule has 0 saturated carbocycles. The SMILES string of the molecule is CCCOC(=O)CCNC(=O)/C=C/c1sc2ccccc2c1Cl. The van der Waals surface area contributed by atoms with Crippen molar-refractivity contribution < 1.29 is 14.3 Å². The van der Waals surface area contributed by atoms with Gasteiger partial charge in [-0.2, -0.15) is 0 Å². The van der Waals surface area contributed by atoms with Gasteiger partial charge in [0.25, 0.3) is 0 Å². The fourth-order valence-electron chi connectivity index (χ4n) is 1.93. The van der Waals surface area contributed by atoms with E-state index in [9.17, 15) is 9.59 Å². The Hall–Kier alpha value is -1.85. The number of esters is 1. The van der Waals surface area contributed by atoms with Crippen molar-refractivity contribution in [3.05, 3.63) is 40.2 Å². The van der Waals surface area contributed by atoms with Gasteiger partial charge in [0.05, 0.1) is 18.1 Å². The Morgan fingerprint density at radius 3 is 2.87 bits per heavy atom. The second kappa shape index (κ2) is 8.70. The van der Waals surface area contributed by atoms with Crippen LogP contribution in [0.1, 0.15) is 24.6 Å². The van der Waals surface area contributed by atoms with Crippen molar-refractivity contribution in [2.45, 2.75) is 19.8 Å². The molecular weight excluding hydrogens is 334 g/mol. The number of hydrogen-bond donors (Lipinski definition) is 1. The van der Waals surface area contributed by atoms with Gasteiger partial charge in [0.2, 0.25) is 5.91 Å². The number of nitrogens with one attached hydrogen (secondary N) is 1. The Labute approximate surface area is 144 Å². The quantitative estimate of drug-likeness (QED) is 0.605. The predicted molar refractivity (Wildman–Crippen MR) is 94.7 cm³/mol. The molecule has 0 atom stereocenters. The molecule has 0 unspecified atom stereocenters. The fraction of sp³-hybridized carbons (Fsp3) is 0.294. The van der Waals surface area contributed by atoms with Crippen molar-refractivity contribution in [3.8, 4) is 0 Å². The largest absolute Gasteiger partial charge is 0.466 e. The minimum atomic E-state index is -0.302.